The Labute approximate surface area is 141 Å². The standard InChI is InChI=1S/C18H19ClN2O2/c1-3-23-18-16(19)8-15(9-17(18)22-2)12-21-11-14-6-4-5-13(7-14)10-20/h4-9,21H,3,11-12H2,1-2H3. The number of hydrogen-bond acceptors (Lipinski definition) is 4. The zero-order valence-corrected chi connectivity index (χ0v) is 14.0. The van der Waals surface area contributed by atoms with E-state index < -0.39 is 0 Å². The fourth-order valence-corrected chi connectivity index (χ4v) is 2.55. The number of ether oxygens (including phenoxy) is 2. The summed E-state index contributed by atoms with van der Waals surface area (Å²) in [5.41, 5.74) is 2.73. The molecule has 0 saturated heterocycles. The second-order valence-corrected chi connectivity index (χ2v) is 5.36. The SMILES string of the molecule is CCOc1c(Cl)cc(CNCc2cccc(C#N)c2)cc1OC. The maximum Gasteiger partial charge on any atom is 0.179 e. The average molecular weight is 331 g/mol. The van der Waals surface area contributed by atoms with Crippen LogP contribution in [0.4, 0.5) is 0 Å². The van der Waals surface area contributed by atoms with Crippen LogP contribution in [0.1, 0.15) is 23.6 Å². The van der Waals surface area contributed by atoms with Crippen molar-refractivity contribution in [1.82, 2.24) is 5.32 Å². The van der Waals surface area contributed by atoms with E-state index in [4.69, 9.17) is 26.3 Å². The van der Waals surface area contributed by atoms with Gasteiger partial charge in [-0.3, -0.25) is 0 Å². The van der Waals surface area contributed by atoms with Crippen LogP contribution in [0.15, 0.2) is 36.4 Å². The Bertz CT molecular complexity index is 711. The van der Waals surface area contributed by atoms with E-state index in [1.165, 1.54) is 0 Å². The third-order valence-electron chi connectivity index (χ3n) is 3.29. The normalized spacial score (nSPS) is 10.2. The number of benzene rings is 2. The Morgan fingerprint density at radius 1 is 1.17 bits per heavy atom. The molecule has 0 unspecified atom stereocenters. The van der Waals surface area contributed by atoms with Crippen LogP contribution in [0.25, 0.3) is 0 Å². The minimum absolute atomic E-state index is 0.531. The van der Waals surface area contributed by atoms with Gasteiger partial charge in [-0.2, -0.15) is 5.26 Å². The van der Waals surface area contributed by atoms with Crippen LogP contribution in [0.2, 0.25) is 5.02 Å². The second kappa shape index (κ2) is 8.42. The van der Waals surface area contributed by atoms with Gasteiger partial charge >= 0.3 is 0 Å². The van der Waals surface area contributed by atoms with Crippen molar-refractivity contribution in [1.29, 1.82) is 5.26 Å². The molecular formula is C18H19ClN2O2. The highest BCUT2D eigenvalue weighted by atomic mass is 35.5. The quantitative estimate of drug-likeness (QED) is 0.836. The van der Waals surface area contributed by atoms with Crippen LogP contribution in [0, 0.1) is 11.3 Å². The van der Waals surface area contributed by atoms with E-state index in [1.54, 1.807) is 13.2 Å². The molecule has 0 atom stereocenters. The first-order chi connectivity index (χ1) is 11.2. The molecule has 5 heteroatoms. The van der Waals surface area contributed by atoms with Gasteiger partial charge in [0.1, 0.15) is 0 Å². The zero-order valence-electron chi connectivity index (χ0n) is 13.2. The summed E-state index contributed by atoms with van der Waals surface area (Å²) in [6.07, 6.45) is 0. The van der Waals surface area contributed by atoms with E-state index in [1.807, 2.05) is 37.3 Å². The Balaban J connectivity index is 2.03. The third-order valence-corrected chi connectivity index (χ3v) is 3.57. The van der Waals surface area contributed by atoms with Crippen LogP contribution in [0.5, 0.6) is 11.5 Å². The molecule has 2 aromatic rings. The number of nitrogens with one attached hydrogen (secondary N) is 1. The minimum Gasteiger partial charge on any atom is -0.493 e. The molecule has 2 rings (SSSR count). The molecule has 1 N–H and O–H groups in total. The summed E-state index contributed by atoms with van der Waals surface area (Å²) in [4.78, 5) is 0. The topological polar surface area (TPSA) is 54.3 Å². The summed E-state index contributed by atoms with van der Waals surface area (Å²) in [7, 11) is 1.60. The molecule has 0 aliphatic rings. The van der Waals surface area contributed by atoms with Gasteiger partial charge in [-0.15, -0.1) is 0 Å². The molecule has 0 aliphatic carbocycles. The van der Waals surface area contributed by atoms with E-state index in [0.717, 1.165) is 11.1 Å². The van der Waals surface area contributed by atoms with Crippen molar-refractivity contribution in [3.05, 3.63) is 58.1 Å². The van der Waals surface area contributed by atoms with Crippen molar-refractivity contribution in [3.63, 3.8) is 0 Å². The van der Waals surface area contributed by atoms with E-state index >= 15 is 0 Å². The zero-order chi connectivity index (χ0) is 16.7. The Morgan fingerprint density at radius 2 is 1.96 bits per heavy atom. The molecule has 0 bridgehead atoms. The highest BCUT2D eigenvalue weighted by Crippen LogP contribution is 2.36. The lowest BCUT2D eigenvalue weighted by molar-refractivity contribution is 0.311. The van der Waals surface area contributed by atoms with Crippen LogP contribution in [0.3, 0.4) is 0 Å². The molecule has 4 nitrogen and oxygen atoms in total. The van der Waals surface area contributed by atoms with Gasteiger partial charge in [-0.05, 0) is 42.3 Å². The van der Waals surface area contributed by atoms with Crippen LogP contribution < -0.4 is 14.8 Å². The molecule has 0 aliphatic heterocycles. The van der Waals surface area contributed by atoms with E-state index in [2.05, 4.69) is 11.4 Å². The molecule has 0 radical (unpaired) electrons. The van der Waals surface area contributed by atoms with Gasteiger partial charge < -0.3 is 14.8 Å². The predicted molar refractivity (Wildman–Crippen MR) is 90.9 cm³/mol. The molecule has 120 valence electrons. The van der Waals surface area contributed by atoms with E-state index in [0.29, 0.717) is 41.8 Å². The van der Waals surface area contributed by atoms with Crippen molar-refractivity contribution >= 4 is 11.6 Å². The monoisotopic (exact) mass is 330 g/mol. The number of halogens is 1. The van der Waals surface area contributed by atoms with Crippen molar-refractivity contribution in [2.24, 2.45) is 0 Å². The molecule has 2 aromatic carbocycles. The van der Waals surface area contributed by atoms with E-state index in [-0.39, 0.29) is 0 Å². The Hall–Kier alpha value is -2.22. The first-order valence-corrected chi connectivity index (χ1v) is 7.74. The van der Waals surface area contributed by atoms with Crippen LogP contribution >= 0.6 is 11.6 Å². The van der Waals surface area contributed by atoms with Gasteiger partial charge in [0.25, 0.3) is 0 Å². The Kier molecular flexibility index (Phi) is 6.28. The summed E-state index contributed by atoms with van der Waals surface area (Å²) in [6, 6.07) is 13.5. The number of nitrogens with zero attached hydrogens (tertiary/aromatic N) is 1. The maximum atomic E-state index is 8.91. The van der Waals surface area contributed by atoms with Gasteiger partial charge in [-0.1, -0.05) is 23.7 Å². The lowest BCUT2D eigenvalue weighted by atomic mass is 10.1. The summed E-state index contributed by atoms with van der Waals surface area (Å²) < 4.78 is 10.8. The summed E-state index contributed by atoms with van der Waals surface area (Å²) in [6.45, 7) is 3.74. The molecule has 0 saturated carbocycles. The minimum atomic E-state index is 0.531. The lowest BCUT2D eigenvalue weighted by Crippen LogP contribution is -2.13. The predicted octanol–water partition coefficient (Wildman–Crippen LogP) is 3.91. The molecule has 0 spiro atoms. The Morgan fingerprint density at radius 3 is 2.65 bits per heavy atom. The second-order valence-electron chi connectivity index (χ2n) is 4.96. The highest BCUT2D eigenvalue weighted by molar-refractivity contribution is 6.32. The number of hydrogen-bond donors (Lipinski definition) is 1. The summed E-state index contributed by atoms with van der Waals surface area (Å²) in [5, 5.41) is 12.8. The van der Waals surface area contributed by atoms with Crippen molar-refractivity contribution in [2.75, 3.05) is 13.7 Å². The van der Waals surface area contributed by atoms with Gasteiger partial charge in [0.15, 0.2) is 11.5 Å². The first kappa shape index (κ1) is 17.1. The van der Waals surface area contributed by atoms with Crippen molar-refractivity contribution < 1.29 is 9.47 Å². The first-order valence-electron chi connectivity index (χ1n) is 7.37. The summed E-state index contributed by atoms with van der Waals surface area (Å²) in [5.74, 6) is 1.20. The van der Waals surface area contributed by atoms with Gasteiger partial charge in [-0.25, -0.2) is 0 Å². The molecule has 0 heterocycles. The highest BCUT2D eigenvalue weighted by Gasteiger charge is 2.11. The smallest absolute Gasteiger partial charge is 0.179 e. The van der Waals surface area contributed by atoms with Crippen LogP contribution in [-0.2, 0) is 13.1 Å². The fourth-order valence-electron chi connectivity index (χ4n) is 2.26. The maximum absolute atomic E-state index is 8.91. The number of methoxy groups -OCH3 is 1. The third kappa shape index (κ3) is 4.62. The molecule has 23 heavy (non-hydrogen) atoms. The number of nitriles is 1. The van der Waals surface area contributed by atoms with Crippen LogP contribution in [-0.4, -0.2) is 13.7 Å². The van der Waals surface area contributed by atoms with Gasteiger partial charge in [0.2, 0.25) is 0 Å². The number of rotatable bonds is 7. The largest absolute Gasteiger partial charge is 0.493 e. The average Bonchev–Trinajstić information content (AvgIpc) is 2.57. The molecule has 0 fully saturated rings. The van der Waals surface area contributed by atoms with Gasteiger partial charge in [0, 0.05) is 13.1 Å². The van der Waals surface area contributed by atoms with Crippen molar-refractivity contribution in [2.45, 2.75) is 20.0 Å². The fraction of sp³-hybridized carbons (Fsp3) is 0.278. The van der Waals surface area contributed by atoms with Crippen molar-refractivity contribution in [3.8, 4) is 17.6 Å². The van der Waals surface area contributed by atoms with Gasteiger partial charge in [0.05, 0.1) is 30.4 Å². The molecule has 0 amide bonds. The van der Waals surface area contributed by atoms with E-state index in [9.17, 15) is 0 Å². The summed E-state index contributed by atoms with van der Waals surface area (Å²) >= 11 is 6.26. The lowest BCUT2D eigenvalue weighted by Gasteiger charge is -2.13. The molecular weight excluding hydrogens is 312 g/mol. The molecule has 0 aromatic heterocycles.